The largest absolute Gasteiger partial charge is 0.497 e. The molecule has 0 aromatic heterocycles. The van der Waals surface area contributed by atoms with Crippen LogP contribution in [0.4, 0.5) is 0 Å². The fourth-order valence-corrected chi connectivity index (χ4v) is 2.24. The number of ether oxygens (including phenoxy) is 2. The number of esters is 1. The number of rotatable bonds is 4. The molecular weight excluding hydrogens is 340 g/mol. The standard InChI is InChI=1S/C20H16O3.C3H6O/c1-22-18-11-7-15(8-12-18)16-9-13-19(14-10-16)23-20(21)17-5-3-2-4-6-17;1-3(2)4/h2-14H,1H3;1-2H3. The third kappa shape index (κ3) is 6.44. The van der Waals surface area contributed by atoms with E-state index in [2.05, 4.69) is 0 Å². The smallest absolute Gasteiger partial charge is 0.343 e. The van der Waals surface area contributed by atoms with E-state index in [1.165, 1.54) is 13.8 Å². The van der Waals surface area contributed by atoms with Crippen LogP contribution in [-0.4, -0.2) is 18.9 Å². The van der Waals surface area contributed by atoms with Gasteiger partial charge in [-0.3, -0.25) is 0 Å². The predicted molar refractivity (Wildman–Crippen MR) is 106 cm³/mol. The molecule has 0 spiro atoms. The average Bonchev–Trinajstić information content (AvgIpc) is 2.69. The Morgan fingerprint density at radius 2 is 1.11 bits per heavy atom. The van der Waals surface area contributed by atoms with Crippen molar-refractivity contribution < 1.29 is 19.1 Å². The lowest BCUT2D eigenvalue weighted by molar-refractivity contribution is -0.115. The summed E-state index contributed by atoms with van der Waals surface area (Å²) >= 11 is 0. The number of ketones is 1. The molecule has 3 aromatic carbocycles. The van der Waals surface area contributed by atoms with Gasteiger partial charge in [0.05, 0.1) is 12.7 Å². The Labute approximate surface area is 159 Å². The molecule has 4 heteroatoms. The maximum atomic E-state index is 12.0. The van der Waals surface area contributed by atoms with Crippen LogP contribution in [0.2, 0.25) is 0 Å². The van der Waals surface area contributed by atoms with E-state index in [-0.39, 0.29) is 11.8 Å². The van der Waals surface area contributed by atoms with Gasteiger partial charge in [0.2, 0.25) is 0 Å². The zero-order chi connectivity index (χ0) is 19.6. The number of methoxy groups -OCH3 is 1. The number of Topliss-reactive ketones (excluding diaryl/α,β-unsaturated/α-hetero) is 1. The molecule has 0 aliphatic carbocycles. The molecule has 0 bridgehead atoms. The van der Waals surface area contributed by atoms with E-state index >= 15 is 0 Å². The van der Waals surface area contributed by atoms with Crippen molar-refractivity contribution in [2.24, 2.45) is 0 Å². The Morgan fingerprint density at radius 3 is 1.56 bits per heavy atom. The SMILES string of the molecule is CC(C)=O.COc1ccc(-c2ccc(OC(=O)c3ccccc3)cc2)cc1. The molecule has 0 heterocycles. The second kappa shape index (κ2) is 9.92. The van der Waals surface area contributed by atoms with Gasteiger partial charge in [0.15, 0.2) is 0 Å². The summed E-state index contributed by atoms with van der Waals surface area (Å²) in [7, 11) is 1.64. The molecule has 0 unspecified atom stereocenters. The molecule has 0 saturated carbocycles. The van der Waals surface area contributed by atoms with Gasteiger partial charge >= 0.3 is 5.97 Å². The number of benzene rings is 3. The Morgan fingerprint density at radius 1 is 0.667 bits per heavy atom. The number of carbonyl (C=O) groups is 2. The van der Waals surface area contributed by atoms with Crippen molar-refractivity contribution in [1.82, 2.24) is 0 Å². The van der Waals surface area contributed by atoms with Crippen LogP contribution in [0.5, 0.6) is 11.5 Å². The van der Waals surface area contributed by atoms with Crippen molar-refractivity contribution in [3.63, 3.8) is 0 Å². The van der Waals surface area contributed by atoms with E-state index in [0.29, 0.717) is 11.3 Å². The summed E-state index contributed by atoms with van der Waals surface area (Å²) in [6, 6.07) is 24.2. The lowest BCUT2D eigenvalue weighted by atomic mass is 10.1. The molecular formula is C23H22O4. The van der Waals surface area contributed by atoms with E-state index in [1.54, 1.807) is 31.4 Å². The van der Waals surface area contributed by atoms with Gasteiger partial charge in [0, 0.05) is 0 Å². The van der Waals surface area contributed by atoms with Crippen LogP contribution in [0.15, 0.2) is 78.9 Å². The third-order valence-corrected chi connectivity index (χ3v) is 3.50. The fraction of sp³-hybridized carbons (Fsp3) is 0.130. The summed E-state index contributed by atoms with van der Waals surface area (Å²) in [5, 5.41) is 0. The van der Waals surface area contributed by atoms with Crippen molar-refractivity contribution in [3.05, 3.63) is 84.4 Å². The summed E-state index contributed by atoms with van der Waals surface area (Å²) < 4.78 is 10.5. The van der Waals surface area contributed by atoms with Crippen molar-refractivity contribution in [2.45, 2.75) is 13.8 Å². The number of hydrogen-bond acceptors (Lipinski definition) is 4. The summed E-state index contributed by atoms with van der Waals surface area (Å²) in [6.07, 6.45) is 0. The lowest BCUT2D eigenvalue weighted by Gasteiger charge is -2.07. The Hall–Kier alpha value is -3.40. The van der Waals surface area contributed by atoms with Gasteiger partial charge in [0.1, 0.15) is 17.3 Å². The van der Waals surface area contributed by atoms with Crippen LogP contribution in [0.3, 0.4) is 0 Å². The van der Waals surface area contributed by atoms with Crippen LogP contribution in [0, 0.1) is 0 Å². The molecule has 0 saturated heterocycles. The first kappa shape index (κ1) is 19.9. The molecule has 0 fully saturated rings. The summed E-state index contributed by atoms with van der Waals surface area (Å²) in [5.74, 6) is 1.15. The zero-order valence-electron chi connectivity index (χ0n) is 15.6. The molecule has 3 aromatic rings. The first-order chi connectivity index (χ1) is 13.0. The van der Waals surface area contributed by atoms with Gasteiger partial charge in [-0.2, -0.15) is 0 Å². The van der Waals surface area contributed by atoms with E-state index in [4.69, 9.17) is 9.47 Å². The zero-order valence-corrected chi connectivity index (χ0v) is 15.6. The van der Waals surface area contributed by atoms with Gasteiger partial charge in [-0.05, 0) is 61.4 Å². The van der Waals surface area contributed by atoms with Crippen LogP contribution < -0.4 is 9.47 Å². The normalized spacial score (nSPS) is 9.59. The summed E-state index contributed by atoms with van der Waals surface area (Å²) in [4.78, 5) is 21.4. The second-order valence-electron chi connectivity index (χ2n) is 5.92. The molecule has 0 N–H and O–H groups in total. The van der Waals surface area contributed by atoms with Crippen LogP contribution >= 0.6 is 0 Å². The molecule has 0 aliphatic heterocycles. The highest BCUT2D eigenvalue weighted by Crippen LogP contribution is 2.24. The minimum atomic E-state index is -0.359. The first-order valence-electron chi connectivity index (χ1n) is 8.48. The lowest BCUT2D eigenvalue weighted by Crippen LogP contribution is -2.07. The van der Waals surface area contributed by atoms with Gasteiger partial charge in [-0.15, -0.1) is 0 Å². The number of carbonyl (C=O) groups excluding carboxylic acids is 2. The quantitative estimate of drug-likeness (QED) is 0.474. The van der Waals surface area contributed by atoms with Crippen molar-refractivity contribution in [3.8, 4) is 22.6 Å². The number of hydrogen-bond donors (Lipinski definition) is 0. The van der Waals surface area contributed by atoms with Crippen molar-refractivity contribution in [1.29, 1.82) is 0 Å². The highest BCUT2D eigenvalue weighted by Gasteiger charge is 2.07. The van der Waals surface area contributed by atoms with E-state index in [9.17, 15) is 9.59 Å². The highest BCUT2D eigenvalue weighted by atomic mass is 16.5. The third-order valence-electron chi connectivity index (χ3n) is 3.50. The Kier molecular flexibility index (Phi) is 7.32. The maximum absolute atomic E-state index is 12.0. The van der Waals surface area contributed by atoms with E-state index in [1.807, 2.05) is 54.6 Å². The first-order valence-corrected chi connectivity index (χ1v) is 8.48. The Bertz CT molecular complexity index is 863. The van der Waals surface area contributed by atoms with Gasteiger partial charge in [-0.25, -0.2) is 4.79 Å². The van der Waals surface area contributed by atoms with Crippen LogP contribution in [-0.2, 0) is 4.79 Å². The molecule has 138 valence electrons. The van der Waals surface area contributed by atoms with E-state index < -0.39 is 0 Å². The van der Waals surface area contributed by atoms with E-state index in [0.717, 1.165) is 16.9 Å². The molecule has 0 radical (unpaired) electrons. The van der Waals surface area contributed by atoms with Crippen molar-refractivity contribution >= 4 is 11.8 Å². The summed E-state index contributed by atoms with van der Waals surface area (Å²) in [5.41, 5.74) is 2.66. The van der Waals surface area contributed by atoms with Crippen LogP contribution in [0.1, 0.15) is 24.2 Å². The molecule has 0 amide bonds. The highest BCUT2D eigenvalue weighted by molar-refractivity contribution is 5.91. The molecule has 3 rings (SSSR count). The monoisotopic (exact) mass is 362 g/mol. The molecule has 0 aliphatic rings. The minimum absolute atomic E-state index is 0.167. The Balaban J connectivity index is 0.000000596. The van der Waals surface area contributed by atoms with Crippen molar-refractivity contribution in [2.75, 3.05) is 7.11 Å². The second-order valence-corrected chi connectivity index (χ2v) is 5.92. The molecule has 0 atom stereocenters. The molecule has 4 nitrogen and oxygen atoms in total. The summed E-state index contributed by atoms with van der Waals surface area (Å²) in [6.45, 7) is 3.06. The molecule has 27 heavy (non-hydrogen) atoms. The fourth-order valence-electron chi connectivity index (χ4n) is 2.24. The van der Waals surface area contributed by atoms with Gasteiger partial charge in [-0.1, -0.05) is 42.5 Å². The maximum Gasteiger partial charge on any atom is 0.343 e. The minimum Gasteiger partial charge on any atom is -0.497 e. The van der Waals surface area contributed by atoms with Gasteiger partial charge in [0.25, 0.3) is 0 Å². The topological polar surface area (TPSA) is 52.6 Å². The predicted octanol–water partition coefficient (Wildman–Crippen LogP) is 5.18. The van der Waals surface area contributed by atoms with Crippen LogP contribution in [0.25, 0.3) is 11.1 Å². The average molecular weight is 362 g/mol. The van der Waals surface area contributed by atoms with Gasteiger partial charge < -0.3 is 14.3 Å².